The molecule has 0 saturated carbocycles. The van der Waals surface area contributed by atoms with Crippen molar-refractivity contribution in [2.24, 2.45) is 5.41 Å². The van der Waals surface area contributed by atoms with Gasteiger partial charge in [-0.1, -0.05) is 304 Å². The lowest BCUT2D eigenvalue weighted by atomic mass is 9.63. The standard InChI is InChI=1S/C57H116O4.4H3O3P/c1-5-9-13-17-21-25-29-33-37-41-45-49-55(60)56(53-58,54-59)57(50-46-42-38-34-30-26-22-18-14-10-6-2,51-47-43-39-35-31-27-23-19-15-11-7-3)61-52-48-44-40-36-32-28-24-20-16-12-8-4;4*1-4(2)3/h55,58-60H,5-54H2,1-4H3;4*1-3H. The molecule has 472 valence electrons. The van der Waals surface area contributed by atoms with E-state index in [2.05, 4.69) is 27.7 Å². The molecule has 20 heteroatoms. The molecule has 77 heavy (non-hydrogen) atoms. The first-order valence-corrected chi connectivity index (χ1v) is 35.8. The summed E-state index contributed by atoms with van der Waals surface area (Å²) in [5.74, 6) is 0. The van der Waals surface area contributed by atoms with Gasteiger partial charge in [-0.25, -0.2) is 0 Å². The van der Waals surface area contributed by atoms with Crippen molar-refractivity contribution in [1.29, 1.82) is 0 Å². The lowest BCUT2D eigenvalue weighted by Gasteiger charge is -2.52. The van der Waals surface area contributed by atoms with Crippen molar-refractivity contribution in [2.45, 2.75) is 341 Å². The van der Waals surface area contributed by atoms with E-state index < -0.39 is 51.5 Å². The smallest absolute Gasteiger partial charge is 0.324 e. The summed E-state index contributed by atoms with van der Waals surface area (Å²) < 4.78 is 7.19. The highest BCUT2D eigenvalue weighted by molar-refractivity contribution is 7.38. The van der Waals surface area contributed by atoms with E-state index in [0.29, 0.717) is 13.0 Å². The zero-order valence-corrected chi connectivity index (χ0v) is 53.4. The average Bonchev–Trinajstić information content (AvgIpc) is 3.36. The first-order valence-electron chi connectivity index (χ1n) is 31.0. The summed E-state index contributed by atoms with van der Waals surface area (Å²) in [5, 5.41) is 35.0. The van der Waals surface area contributed by atoms with Gasteiger partial charge in [-0.3, -0.25) is 0 Å². The maximum absolute atomic E-state index is 12.2. The van der Waals surface area contributed by atoms with Crippen LogP contribution in [0.3, 0.4) is 0 Å². The van der Waals surface area contributed by atoms with Gasteiger partial charge in [0.2, 0.25) is 0 Å². The Morgan fingerprint density at radius 2 is 0.468 bits per heavy atom. The van der Waals surface area contributed by atoms with Gasteiger partial charge in [0.25, 0.3) is 0 Å². The number of hydrogen-bond acceptors (Lipinski definition) is 16. The maximum Gasteiger partial charge on any atom is 0.324 e. The van der Waals surface area contributed by atoms with Crippen molar-refractivity contribution in [1.82, 2.24) is 0 Å². The molecule has 0 fully saturated rings. The van der Waals surface area contributed by atoms with Gasteiger partial charge in [-0.2, -0.15) is 0 Å². The highest BCUT2D eigenvalue weighted by Crippen LogP contribution is 2.47. The third kappa shape index (κ3) is 71.3. The fourth-order valence-corrected chi connectivity index (χ4v) is 10.2. The second kappa shape index (κ2) is 71.3. The summed E-state index contributed by atoms with van der Waals surface area (Å²) in [6.45, 7) is 9.41. The SMILES string of the molecule is CCCCCCCCCCCCCOC(CCCCCCCCCCCCC)(CCCCCCCCCCCCC)C(CO)(CO)C(O)CCCCCCCCCCCCC.OP(O)O.OP(O)O.OP(O)O.OP(O)O. The molecular weight excluding hydrogens is 1060 g/mol. The van der Waals surface area contributed by atoms with Crippen LogP contribution >= 0.6 is 34.4 Å². The van der Waals surface area contributed by atoms with Crippen LogP contribution in [-0.4, -0.2) is 106 Å². The molecule has 0 aromatic rings. The molecule has 0 aliphatic carbocycles. The van der Waals surface area contributed by atoms with E-state index in [0.717, 1.165) is 44.9 Å². The fourth-order valence-electron chi connectivity index (χ4n) is 10.2. The molecule has 1 unspecified atom stereocenters. The molecule has 15 N–H and O–H groups in total. The molecule has 16 nitrogen and oxygen atoms in total. The molecule has 0 rings (SSSR count). The lowest BCUT2D eigenvalue weighted by molar-refractivity contribution is -0.219. The van der Waals surface area contributed by atoms with Gasteiger partial charge in [-0.15, -0.1) is 0 Å². The van der Waals surface area contributed by atoms with Crippen molar-refractivity contribution in [3.63, 3.8) is 0 Å². The van der Waals surface area contributed by atoms with Crippen molar-refractivity contribution in [2.75, 3.05) is 19.8 Å². The van der Waals surface area contributed by atoms with Crippen molar-refractivity contribution in [3.8, 4) is 0 Å². The van der Waals surface area contributed by atoms with E-state index in [-0.39, 0.29) is 13.2 Å². The highest BCUT2D eigenvalue weighted by atomic mass is 31.2. The Bertz CT molecular complexity index is 982. The Hall–Kier alpha value is 1.08. The van der Waals surface area contributed by atoms with E-state index in [1.807, 2.05) is 0 Å². The Balaban J connectivity index is -0.000000939. The Labute approximate surface area is 477 Å². The maximum atomic E-state index is 12.2. The molecule has 0 radical (unpaired) electrons. The van der Waals surface area contributed by atoms with Crippen molar-refractivity contribution in [3.05, 3.63) is 0 Å². The number of ether oxygens (including phenoxy) is 1. The van der Waals surface area contributed by atoms with Crippen molar-refractivity contribution >= 4 is 34.4 Å². The van der Waals surface area contributed by atoms with Gasteiger partial charge in [0, 0.05) is 6.61 Å². The molecule has 0 saturated heterocycles. The first-order chi connectivity index (χ1) is 37.0. The molecule has 0 heterocycles. The number of hydrogen-bond donors (Lipinski definition) is 15. The molecule has 1 atom stereocenters. The summed E-state index contributed by atoms with van der Waals surface area (Å²) >= 11 is 0. The van der Waals surface area contributed by atoms with Crippen LogP contribution in [0.1, 0.15) is 329 Å². The molecule has 0 aliphatic rings. The van der Waals surface area contributed by atoms with Gasteiger partial charge in [0.15, 0.2) is 0 Å². The minimum atomic E-state index is -2.62. The Morgan fingerprint density at radius 3 is 0.675 bits per heavy atom. The zero-order chi connectivity index (χ0) is 58.9. The largest absolute Gasteiger partial charge is 0.395 e. The van der Waals surface area contributed by atoms with Crippen LogP contribution < -0.4 is 0 Å². The third-order valence-electron chi connectivity index (χ3n) is 14.7. The quantitative estimate of drug-likeness (QED) is 0.0199. The normalized spacial score (nSPS) is 12.0. The van der Waals surface area contributed by atoms with Crippen molar-refractivity contribution < 1.29 is 78.8 Å². The van der Waals surface area contributed by atoms with E-state index >= 15 is 0 Å². The number of aliphatic hydroxyl groups is 3. The van der Waals surface area contributed by atoms with Crippen LogP contribution in [0.4, 0.5) is 0 Å². The van der Waals surface area contributed by atoms with Gasteiger partial charge in [0.05, 0.1) is 30.3 Å². The minimum absolute atomic E-state index is 0.211. The van der Waals surface area contributed by atoms with Crippen LogP contribution in [-0.2, 0) is 4.74 Å². The van der Waals surface area contributed by atoms with E-state index in [4.69, 9.17) is 63.5 Å². The summed E-state index contributed by atoms with van der Waals surface area (Å²) in [6, 6.07) is 0. The topological polar surface area (TPSA) is 313 Å². The zero-order valence-electron chi connectivity index (χ0n) is 49.8. The molecule has 0 bridgehead atoms. The summed E-state index contributed by atoms with van der Waals surface area (Å²) in [6.07, 6.45) is 58.5. The van der Waals surface area contributed by atoms with Gasteiger partial charge in [0.1, 0.15) is 0 Å². The Morgan fingerprint density at radius 1 is 0.286 bits per heavy atom. The molecule has 0 amide bonds. The number of rotatable bonds is 53. The van der Waals surface area contributed by atoms with Gasteiger partial charge in [-0.05, 0) is 25.7 Å². The minimum Gasteiger partial charge on any atom is -0.395 e. The summed E-state index contributed by atoms with van der Waals surface area (Å²) in [7, 11) is -10.5. The second-order valence-electron chi connectivity index (χ2n) is 21.3. The molecule has 0 aromatic carbocycles. The highest BCUT2D eigenvalue weighted by Gasteiger charge is 2.55. The molecular formula is C57H128O16P4. The Kier molecular flexibility index (Phi) is 80.5. The number of aliphatic hydroxyl groups excluding tert-OH is 3. The number of unbranched alkanes of at least 4 members (excludes halogenated alkanes) is 40. The van der Waals surface area contributed by atoms with Gasteiger partial charge < -0.3 is 78.8 Å². The summed E-state index contributed by atoms with van der Waals surface area (Å²) in [4.78, 5) is 86.8. The molecule has 0 spiro atoms. The second-order valence-corrected chi connectivity index (χ2v) is 23.5. The average molecular weight is 1190 g/mol. The van der Waals surface area contributed by atoms with E-state index in [1.165, 1.54) is 250 Å². The fraction of sp³-hybridized carbons (Fsp3) is 1.00. The van der Waals surface area contributed by atoms with Crippen LogP contribution in [0.15, 0.2) is 0 Å². The lowest BCUT2D eigenvalue weighted by Crippen LogP contribution is -2.61. The van der Waals surface area contributed by atoms with E-state index in [1.54, 1.807) is 0 Å². The third-order valence-corrected chi connectivity index (χ3v) is 14.7. The first kappa shape index (κ1) is 86.9. The van der Waals surface area contributed by atoms with Crippen LogP contribution in [0.2, 0.25) is 0 Å². The monoisotopic (exact) mass is 1190 g/mol. The van der Waals surface area contributed by atoms with Crippen LogP contribution in [0.25, 0.3) is 0 Å². The molecule has 0 aromatic heterocycles. The predicted octanol–water partition coefficient (Wildman–Crippen LogP) is 15.2. The van der Waals surface area contributed by atoms with Crippen LogP contribution in [0.5, 0.6) is 0 Å². The predicted molar refractivity (Wildman–Crippen MR) is 325 cm³/mol. The summed E-state index contributed by atoms with van der Waals surface area (Å²) in [5.41, 5.74) is -1.75. The molecule has 0 aliphatic heterocycles. The van der Waals surface area contributed by atoms with E-state index in [9.17, 15) is 15.3 Å². The van der Waals surface area contributed by atoms with Crippen LogP contribution in [0, 0.1) is 5.41 Å². The van der Waals surface area contributed by atoms with Gasteiger partial charge >= 0.3 is 34.4 Å².